The summed E-state index contributed by atoms with van der Waals surface area (Å²) in [6.07, 6.45) is 1.45. The molecule has 0 fully saturated rings. The van der Waals surface area contributed by atoms with Crippen molar-refractivity contribution in [1.82, 2.24) is 9.97 Å². The second-order valence-electron chi connectivity index (χ2n) is 4.04. The van der Waals surface area contributed by atoms with Crippen molar-refractivity contribution in [3.05, 3.63) is 35.7 Å². The molecule has 0 saturated heterocycles. The summed E-state index contributed by atoms with van der Waals surface area (Å²) in [6.45, 7) is 3.87. The van der Waals surface area contributed by atoms with Gasteiger partial charge in [0.05, 0.1) is 7.11 Å². The summed E-state index contributed by atoms with van der Waals surface area (Å²) in [4.78, 5) is 8.11. The molecule has 0 bridgehead atoms. The molecule has 3 N–H and O–H groups in total. The van der Waals surface area contributed by atoms with Gasteiger partial charge in [0.25, 0.3) is 0 Å². The van der Waals surface area contributed by atoms with E-state index in [2.05, 4.69) is 15.3 Å². The van der Waals surface area contributed by atoms with Crippen molar-refractivity contribution in [3.8, 4) is 5.75 Å². The first-order valence-corrected chi connectivity index (χ1v) is 5.60. The fraction of sp³-hybridized carbons (Fsp3) is 0.231. The van der Waals surface area contributed by atoms with Gasteiger partial charge in [-0.3, -0.25) is 0 Å². The molecule has 0 saturated carbocycles. The molecule has 1 aromatic carbocycles. The maximum atomic E-state index is 5.74. The van der Waals surface area contributed by atoms with Crippen LogP contribution in [0.5, 0.6) is 5.75 Å². The van der Waals surface area contributed by atoms with Crippen molar-refractivity contribution in [1.29, 1.82) is 0 Å². The van der Waals surface area contributed by atoms with E-state index in [1.165, 1.54) is 6.33 Å². The van der Waals surface area contributed by atoms with E-state index in [-0.39, 0.29) is 0 Å². The molecule has 0 radical (unpaired) electrons. The van der Waals surface area contributed by atoms with Crippen LogP contribution in [0.25, 0.3) is 0 Å². The Kier molecular flexibility index (Phi) is 3.32. The first kappa shape index (κ1) is 12.2. The van der Waals surface area contributed by atoms with Crippen molar-refractivity contribution in [2.24, 2.45) is 0 Å². The van der Waals surface area contributed by atoms with Crippen molar-refractivity contribution in [3.63, 3.8) is 0 Å². The molecular formula is C13H16N4O. The van der Waals surface area contributed by atoms with Gasteiger partial charge in [0.1, 0.15) is 23.7 Å². The summed E-state index contributed by atoms with van der Waals surface area (Å²) in [5, 5.41) is 3.22. The van der Waals surface area contributed by atoms with Crippen molar-refractivity contribution < 1.29 is 4.74 Å². The van der Waals surface area contributed by atoms with Crippen LogP contribution < -0.4 is 15.8 Å². The molecule has 0 aliphatic heterocycles. The number of rotatable bonds is 3. The molecule has 94 valence electrons. The van der Waals surface area contributed by atoms with Crippen molar-refractivity contribution in [2.45, 2.75) is 13.8 Å². The number of nitrogens with one attached hydrogen (secondary N) is 1. The highest BCUT2D eigenvalue weighted by Gasteiger charge is 2.05. The van der Waals surface area contributed by atoms with Gasteiger partial charge in [-0.15, -0.1) is 0 Å². The fourth-order valence-electron chi connectivity index (χ4n) is 1.68. The normalized spacial score (nSPS) is 10.2. The highest BCUT2D eigenvalue weighted by Crippen LogP contribution is 2.25. The molecular weight excluding hydrogens is 228 g/mol. The zero-order valence-corrected chi connectivity index (χ0v) is 10.7. The minimum absolute atomic E-state index is 0.484. The lowest BCUT2D eigenvalue weighted by Gasteiger charge is -2.11. The molecule has 2 aromatic rings. The van der Waals surface area contributed by atoms with Gasteiger partial charge in [0.15, 0.2) is 0 Å². The molecule has 0 atom stereocenters. The summed E-state index contributed by atoms with van der Waals surface area (Å²) in [5.74, 6) is 2.06. The first-order valence-electron chi connectivity index (χ1n) is 5.60. The van der Waals surface area contributed by atoms with Crippen LogP contribution in [0, 0.1) is 13.8 Å². The third-order valence-corrected chi connectivity index (χ3v) is 2.78. The van der Waals surface area contributed by atoms with Crippen LogP contribution in [-0.4, -0.2) is 17.1 Å². The Labute approximate surface area is 106 Å². The second-order valence-corrected chi connectivity index (χ2v) is 4.04. The number of nitrogen functional groups attached to an aromatic ring is 1. The smallest absolute Gasteiger partial charge is 0.138 e. The predicted molar refractivity (Wildman–Crippen MR) is 72.2 cm³/mol. The van der Waals surface area contributed by atoms with Gasteiger partial charge >= 0.3 is 0 Å². The van der Waals surface area contributed by atoms with Crippen molar-refractivity contribution in [2.75, 3.05) is 18.2 Å². The number of aryl methyl sites for hydroxylation is 1. The Morgan fingerprint density at radius 2 is 2.00 bits per heavy atom. The minimum Gasteiger partial charge on any atom is -0.496 e. The van der Waals surface area contributed by atoms with E-state index < -0.39 is 0 Å². The van der Waals surface area contributed by atoms with Crippen LogP contribution in [0.4, 0.5) is 17.3 Å². The zero-order chi connectivity index (χ0) is 13.1. The quantitative estimate of drug-likeness (QED) is 0.867. The van der Waals surface area contributed by atoms with Gasteiger partial charge in [-0.25, -0.2) is 9.97 Å². The standard InChI is InChI=1S/C13H16N4O/c1-8-6-10(4-5-11(8)18-3)17-13-9(2)12(14)15-7-16-13/h4-7H,1-3H3,(H3,14,15,16,17). The van der Waals surface area contributed by atoms with Gasteiger partial charge in [0, 0.05) is 11.3 Å². The molecule has 5 nitrogen and oxygen atoms in total. The molecule has 0 amide bonds. The molecule has 18 heavy (non-hydrogen) atoms. The first-order chi connectivity index (χ1) is 8.61. The molecule has 2 rings (SSSR count). The Bertz CT molecular complexity index is 569. The number of aromatic nitrogens is 2. The number of hydrogen-bond donors (Lipinski definition) is 2. The maximum absolute atomic E-state index is 5.74. The second kappa shape index (κ2) is 4.91. The zero-order valence-electron chi connectivity index (χ0n) is 10.7. The average Bonchev–Trinajstić information content (AvgIpc) is 2.35. The van der Waals surface area contributed by atoms with Crippen LogP contribution in [0.3, 0.4) is 0 Å². The molecule has 0 unspecified atom stereocenters. The van der Waals surface area contributed by atoms with Crippen LogP contribution in [0.1, 0.15) is 11.1 Å². The molecule has 1 heterocycles. The van der Waals surface area contributed by atoms with Crippen molar-refractivity contribution >= 4 is 17.3 Å². The Morgan fingerprint density at radius 1 is 1.22 bits per heavy atom. The number of ether oxygens (including phenoxy) is 1. The van der Waals surface area contributed by atoms with Crippen LogP contribution >= 0.6 is 0 Å². The summed E-state index contributed by atoms with van der Waals surface area (Å²) < 4.78 is 5.22. The molecule has 0 aliphatic rings. The number of nitrogens with two attached hydrogens (primary N) is 1. The number of methoxy groups -OCH3 is 1. The molecule has 5 heteroatoms. The number of hydrogen-bond acceptors (Lipinski definition) is 5. The van der Waals surface area contributed by atoms with Gasteiger partial charge in [0.2, 0.25) is 0 Å². The van der Waals surface area contributed by atoms with Gasteiger partial charge < -0.3 is 15.8 Å². The maximum Gasteiger partial charge on any atom is 0.138 e. The van der Waals surface area contributed by atoms with E-state index >= 15 is 0 Å². The third-order valence-electron chi connectivity index (χ3n) is 2.78. The third kappa shape index (κ3) is 2.34. The van der Waals surface area contributed by atoms with E-state index in [4.69, 9.17) is 10.5 Å². The molecule has 1 aromatic heterocycles. The summed E-state index contributed by atoms with van der Waals surface area (Å²) in [6, 6.07) is 5.84. The summed E-state index contributed by atoms with van der Waals surface area (Å²) in [7, 11) is 1.66. The molecule has 0 aliphatic carbocycles. The topological polar surface area (TPSA) is 73.1 Å². The number of benzene rings is 1. The largest absolute Gasteiger partial charge is 0.496 e. The summed E-state index contributed by atoms with van der Waals surface area (Å²) in [5.41, 5.74) is 8.57. The number of anilines is 3. The van der Waals surface area contributed by atoms with Gasteiger partial charge in [-0.05, 0) is 37.6 Å². The van der Waals surface area contributed by atoms with E-state index in [1.807, 2.05) is 32.0 Å². The lowest BCUT2D eigenvalue weighted by atomic mass is 10.2. The van der Waals surface area contributed by atoms with E-state index in [1.54, 1.807) is 7.11 Å². The highest BCUT2D eigenvalue weighted by molar-refractivity contribution is 5.64. The lowest BCUT2D eigenvalue weighted by Crippen LogP contribution is -2.02. The van der Waals surface area contributed by atoms with Crippen LogP contribution in [-0.2, 0) is 0 Å². The van der Waals surface area contributed by atoms with Crippen LogP contribution in [0.15, 0.2) is 24.5 Å². The Morgan fingerprint density at radius 3 is 2.67 bits per heavy atom. The average molecular weight is 244 g/mol. The van der Waals surface area contributed by atoms with Gasteiger partial charge in [-0.2, -0.15) is 0 Å². The lowest BCUT2D eigenvalue weighted by molar-refractivity contribution is 0.412. The highest BCUT2D eigenvalue weighted by atomic mass is 16.5. The van der Waals surface area contributed by atoms with E-state index in [0.29, 0.717) is 11.6 Å². The summed E-state index contributed by atoms with van der Waals surface area (Å²) >= 11 is 0. The van der Waals surface area contributed by atoms with Gasteiger partial charge in [-0.1, -0.05) is 0 Å². The predicted octanol–water partition coefficient (Wildman–Crippen LogP) is 2.43. The van der Waals surface area contributed by atoms with Crippen LogP contribution in [0.2, 0.25) is 0 Å². The Hall–Kier alpha value is -2.30. The Balaban J connectivity index is 2.29. The fourth-order valence-corrected chi connectivity index (χ4v) is 1.68. The number of nitrogens with zero attached hydrogens (tertiary/aromatic N) is 2. The minimum atomic E-state index is 0.484. The van der Waals surface area contributed by atoms with E-state index in [9.17, 15) is 0 Å². The molecule has 0 spiro atoms. The van der Waals surface area contributed by atoms with E-state index in [0.717, 1.165) is 22.6 Å². The SMILES string of the molecule is COc1ccc(Nc2ncnc(N)c2C)cc1C. The monoisotopic (exact) mass is 244 g/mol.